The molecule has 2 aliphatic heterocycles. The number of thioether (sulfide) groups is 1. The van der Waals surface area contributed by atoms with Crippen LogP contribution in [0.3, 0.4) is 0 Å². The fourth-order valence-corrected chi connectivity index (χ4v) is 5.78. The highest BCUT2D eigenvalue weighted by molar-refractivity contribution is 7.99. The van der Waals surface area contributed by atoms with Gasteiger partial charge in [0.2, 0.25) is 0 Å². The molecule has 0 radical (unpaired) electrons. The fraction of sp³-hybridized carbons (Fsp3) is 0.357. The van der Waals surface area contributed by atoms with Crippen LogP contribution in [-0.4, -0.2) is 58.9 Å². The summed E-state index contributed by atoms with van der Waals surface area (Å²) >= 11 is 1.88. The van der Waals surface area contributed by atoms with Crippen LogP contribution in [0.1, 0.15) is 46.6 Å². The molecule has 2 amide bonds. The number of furan rings is 1. The number of carbonyl (C=O) groups is 2. The number of rotatable bonds is 6. The summed E-state index contributed by atoms with van der Waals surface area (Å²) in [6.45, 7) is 4.12. The Labute approximate surface area is 210 Å². The first-order valence-electron chi connectivity index (χ1n) is 12.2. The monoisotopic (exact) mass is 490 g/mol. The van der Waals surface area contributed by atoms with Crippen molar-refractivity contribution in [2.24, 2.45) is 0 Å². The van der Waals surface area contributed by atoms with Crippen molar-refractivity contribution in [3.8, 4) is 5.75 Å². The summed E-state index contributed by atoms with van der Waals surface area (Å²) in [6, 6.07) is 19.2. The van der Waals surface area contributed by atoms with E-state index in [0.29, 0.717) is 24.5 Å². The Morgan fingerprint density at radius 3 is 2.57 bits per heavy atom. The van der Waals surface area contributed by atoms with Gasteiger partial charge in [-0.3, -0.25) is 9.59 Å². The second-order valence-electron chi connectivity index (χ2n) is 8.85. The Hall–Kier alpha value is -3.19. The third kappa shape index (κ3) is 4.96. The number of benzene rings is 2. The smallest absolute Gasteiger partial charge is 0.290 e. The molecule has 0 saturated carbocycles. The molecule has 2 aliphatic rings. The Kier molecular flexibility index (Phi) is 7.13. The van der Waals surface area contributed by atoms with Crippen LogP contribution in [0.15, 0.2) is 71.3 Å². The first-order valence-corrected chi connectivity index (χ1v) is 13.4. The Morgan fingerprint density at radius 2 is 1.86 bits per heavy atom. The van der Waals surface area contributed by atoms with Gasteiger partial charge < -0.3 is 19.0 Å². The summed E-state index contributed by atoms with van der Waals surface area (Å²) in [5.41, 5.74) is 3.23. The van der Waals surface area contributed by atoms with E-state index in [4.69, 9.17) is 9.15 Å². The minimum Gasteiger partial charge on any atom is -0.481 e. The largest absolute Gasteiger partial charge is 0.481 e. The number of amides is 2. The lowest BCUT2D eigenvalue weighted by Crippen LogP contribution is -2.45. The van der Waals surface area contributed by atoms with Crippen molar-refractivity contribution < 1.29 is 18.7 Å². The van der Waals surface area contributed by atoms with Crippen LogP contribution >= 0.6 is 11.8 Å². The molecule has 0 spiro atoms. The highest BCUT2D eigenvalue weighted by Gasteiger charge is 2.34. The topological polar surface area (TPSA) is 63.0 Å². The molecule has 2 atom stereocenters. The van der Waals surface area contributed by atoms with Gasteiger partial charge in [0.25, 0.3) is 11.8 Å². The van der Waals surface area contributed by atoms with E-state index in [1.54, 1.807) is 12.1 Å². The molecule has 7 heteroatoms. The Bertz CT molecular complexity index is 1160. The first-order chi connectivity index (χ1) is 17.2. The van der Waals surface area contributed by atoms with Crippen LogP contribution in [0.5, 0.6) is 5.75 Å². The van der Waals surface area contributed by atoms with Crippen LogP contribution in [0.25, 0.3) is 0 Å². The second-order valence-corrected chi connectivity index (χ2v) is 10.1. The van der Waals surface area contributed by atoms with Gasteiger partial charge in [0, 0.05) is 31.1 Å². The van der Waals surface area contributed by atoms with Gasteiger partial charge in [0.15, 0.2) is 11.9 Å². The molecule has 3 aromatic rings. The standard InChI is InChI=1S/C28H30N2O4S/c1-2-24(27(31)29-14-17-35-18-15-29)34-22-11-10-20-12-13-30(28(32)25-9-6-16-33-25)26(23(20)19-22)21-7-4-3-5-8-21/h3-11,16,19,24,26H,2,12-15,17-18H2,1H3/t24-,26+/m0/s1. The predicted octanol–water partition coefficient (Wildman–Crippen LogP) is 4.80. The van der Waals surface area contributed by atoms with Gasteiger partial charge >= 0.3 is 0 Å². The van der Waals surface area contributed by atoms with Gasteiger partial charge in [0.05, 0.1) is 12.3 Å². The van der Waals surface area contributed by atoms with E-state index < -0.39 is 6.10 Å². The van der Waals surface area contributed by atoms with Crippen molar-refractivity contribution in [3.05, 3.63) is 89.4 Å². The van der Waals surface area contributed by atoms with Gasteiger partial charge in [-0.05, 0) is 53.8 Å². The molecule has 1 aromatic heterocycles. The van der Waals surface area contributed by atoms with E-state index >= 15 is 0 Å². The number of nitrogens with zero attached hydrogens (tertiary/aromatic N) is 2. The Balaban J connectivity index is 1.46. The SMILES string of the molecule is CC[C@H](Oc1ccc2c(c1)[C@@H](c1ccccc1)N(C(=O)c1ccco1)CC2)C(=O)N1CCSCC1. The lowest BCUT2D eigenvalue weighted by Gasteiger charge is -2.37. The normalized spacial score (nSPS) is 18.6. The number of hydrogen-bond acceptors (Lipinski definition) is 5. The molecule has 5 rings (SSSR count). The fourth-order valence-electron chi connectivity index (χ4n) is 4.88. The average Bonchev–Trinajstić information content (AvgIpc) is 3.46. The van der Waals surface area contributed by atoms with Gasteiger partial charge in [0.1, 0.15) is 5.75 Å². The lowest BCUT2D eigenvalue weighted by atomic mass is 9.87. The molecule has 0 bridgehead atoms. The molecule has 1 saturated heterocycles. The molecule has 2 aromatic carbocycles. The molecule has 0 N–H and O–H groups in total. The summed E-state index contributed by atoms with van der Waals surface area (Å²) in [5, 5.41) is 0. The van der Waals surface area contributed by atoms with Crippen molar-refractivity contribution in [1.82, 2.24) is 9.80 Å². The van der Waals surface area contributed by atoms with E-state index in [0.717, 1.165) is 42.1 Å². The van der Waals surface area contributed by atoms with E-state index in [-0.39, 0.29) is 17.9 Å². The van der Waals surface area contributed by atoms with E-state index in [2.05, 4.69) is 6.07 Å². The molecule has 6 nitrogen and oxygen atoms in total. The van der Waals surface area contributed by atoms with Crippen molar-refractivity contribution in [3.63, 3.8) is 0 Å². The molecule has 3 heterocycles. The zero-order valence-electron chi connectivity index (χ0n) is 19.9. The highest BCUT2D eigenvalue weighted by atomic mass is 32.2. The number of carbonyl (C=O) groups excluding carboxylic acids is 2. The highest BCUT2D eigenvalue weighted by Crippen LogP contribution is 2.38. The summed E-state index contributed by atoms with van der Waals surface area (Å²) in [5.74, 6) is 2.85. The Morgan fingerprint density at radius 1 is 1.06 bits per heavy atom. The van der Waals surface area contributed by atoms with Crippen LogP contribution in [0.4, 0.5) is 0 Å². The van der Waals surface area contributed by atoms with Crippen LogP contribution in [-0.2, 0) is 11.2 Å². The summed E-state index contributed by atoms with van der Waals surface area (Å²) in [7, 11) is 0. The lowest BCUT2D eigenvalue weighted by molar-refractivity contribution is -0.138. The summed E-state index contributed by atoms with van der Waals surface area (Å²) < 4.78 is 11.7. The van der Waals surface area contributed by atoms with Crippen LogP contribution < -0.4 is 4.74 Å². The molecule has 0 unspecified atom stereocenters. The maximum Gasteiger partial charge on any atom is 0.290 e. The first kappa shape index (κ1) is 23.5. The maximum atomic E-state index is 13.4. The molecule has 0 aliphatic carbocycles. The van der Waals surface area contributed by atoms with Gasteiger partial charge in [-0.15, -0.1) is 0 Å². The zero-order chi connectivity index (χ0) is 24.2. The van der Waals surface area contributed by atoms with Crippen molar-refractivity contribution in [2.75, 3.05) is 31.1 Å². The molecular formula is C28H30N2O4S. The van der Waals surface area contributed by atoms with Crippen molar-refractivity contribution >= 4 is 23.6 Å². The third-order valence-corrected chi connectivity index (χ3v) is 7.64. The van der Waals surface area contributed by atoms with Crippen LogP contribution in [0.2, 0.25) is 0 Å². The maximum absolute atomic E-state index is 13.4. The minimum absolute atomic E-state index is 0.0553. The quantitative estimate of drug-likeness (QED) is 0.497. The van der Waals surface area contributed by atoms with Gasteiger partial charge in [-0.25, -0.2) is 0 Å². The van der Waals surface area contributed by atoms with Gasteiger partial charge in [-0.1, -0.05) is 43.3 Å². The summed E-state index contributed by atoms with van der Waals surface area (Å²) in [4.78, 5) is 30.3. The number of ether oxygens (including phenoxy) is 1. The summed E-state index contributed by atoms with van der Waals surface area (Å²) in [6.07, 6.45) is 2.35. The third-order valence-electron chi connectivity index (χ3n) is 6.70. The molecule has 182 valence electrons. The van der Waals surface area contributed by atoms with E-state index in [9.17, 15) is 9.59 Å². The van der Waals surface area contributed by atoms with Crippen molar-refractivity contribution in [2.45, 2.75) is 31.9 Å². The molecule has 35 heavy (non-hydrogen) atoms. The van der Waals surface area contributed by atoms with E-state index in [1.165, 1.54) is 11.8 Å². The molecule has 1 fully saturated rings. The predicted molar refractivity (Wildman–Crippen MR) is 137 cm³/mol. The average molecular weight is 491 g/mol. The van der Waals surface area contributed by atoms with Crippen molar-refractivity contribution in [1.29, 1.82) is 0 Å². The minimum atomic E-state index is -0.518. The second kappa shape index (κ2) is 10.6. The van der Waals surface area contributed by atoms with E-state index in [1.807, 2.05) is 71.0 Å². The molecular weight excluding hydrogens is 460 g/mol. The number of fused-ring (bicyclic) bond motifs is 1. The zero-order valence-corrected chi connectivity index (χ0v) is 20.7. The van der Waals surface area contributed by atoms with Crippen LogP contribution in [0, 0.1) is 0 Å². The number of hydrogen-bond donors (Lipinski definition) is 0. The van der Waals surface area contributed by atoms with Gasteiger partial charge in [-0.2, -0.15) is 11.8 Å².